The summed E-state index contributed by atoms with van der Waals surface area (Å²) in [4.78, 5) is 22.8. The first-order chi connectivity index (χ1) is 8.27. The van der Waals surface area contributed by atoms with Crippen molar-refractivity contribution in [3.05, 3.63) is 0 Å². The number of rotatable bonds is 0. The molecule has 0 radical (unpaired) electrons. The first-order valence-corrected chi connectivity index (χ1v) is 7.17. The van der Waals surface area contributed by atoms with Crippen molar-refractivity contribution in [3.63, 3.8) is 0 Å². The highest BCUT2D eigenvalue weighted by molar-refractivity contribution is 5.73. The van der Waals surface area contributed by atoms with Gasteiger partial charge in [-0.05, 0) is 56.3 Å². The monoisotopic (exact) mass is 236 g/mol. The van der Waals surface area contributed by atoms with E-state index in [1.54, 1.807) is 0 Å². The van der Waals surface area contributed by atoms with Crippen LogP contribution in [0.5, 0.6) is 0 Å². The molecule has 94 valence electrons. The fraction of sp³-hybridized carbons (Fsp3) is 0.929. The molecule has 0 N–H and O–H groups in total. The Morgan fingerprint density at radius 1 is 1.12 bits per heavy atom. The van der Waals surface area contributed by atoms with Crippen LogP contribution < -0.4 is 0 Å². The van der Waals surface area contributed by atoms with Crippen molar-refractivity contribution in [1.29, 1.82) is 0 Å². The van der Waals surface area contributed by atoms with E-state index in [1.807, 2.05) is 0 Å². The maximum absolute atomic E-state index is 12.1. The van der Waals surface area contributed by atoms with Crippen molar-refractivity contribution in [3.8, 4) is 0 Å². The third-order valence-corrected chi connectivity index (χ3v) is 5.78. The van der Waals surface area contributed by atoms with Gasteiger partial charge >= 0.3 is 5.97 Å². The molecule has 1 heterocycles. The zero-order valence-electron chi connectivity index (χ0n) is 10.2. The maximum atomic E-state index is 12.1. The molecule has 3 aliphatic carbocycles. The van der Waals surface area contributed by atoms with Crippen LogP contribution >= 0.6 is 0 Å². The lowest BCUT2D eigenvalue weighted by Crippen LogP contribution is -2.33. The van der Waals surface area contributed by atoms with E-state index in [-0.39, 0.29) is 17.5 Å². The van der Waals surface area contributed by atoms with Crippen LogP contribution in [0.4, 0.5) is 0 Å². The van der Waals surface area contributed by atoms with Crippen LogP contribution in [0.1, 0.15) is 51.4 Å². The fourth-order valence-electron chi connectivity index (χ4n) is 5.03. The predicted molar refractivity (Wildman–Crippen MR) is 60.8 cm³/mol. The van der Waals surface area contributed by atoms with Gasteiger partial charge in [0.1, 0.15) is 5.60 Å². The lowest BCUT2D eigenvalue weighted by molar-refractivity contribution is -0.329. The van der Waals surface area contributed by atoms with Gasteiger partial charge in [0, 0.05) is 0 Å². The lowest BCUT2D eigenvalue weighted by Gasteiger charge is -2.31. The third-order valence-electron chi connectivity index (χ3n) is 5.78. The first-order valence-electron chi connectivity index (χ1n) is 7.17. The van der Waals surface area contributed by atoms with Gasteiger partial charge in [0.05, 0.1) is 5.92 Å². The van der Waals surface area contributed by atoms with E-state index in [0.29, 0.717) is 11.8 Å². The Kier molecular flexibility index (Phi) is 2.11. The highest BCUT2D eigenvalue weighted by Crippen LogP contribution is 2.58. The molecule has 1 saturated heterocycles. The second-order valence-electron chi connectivity index (χ2n) is 6.60. The molecule has 0 amide bonds. The van der Waals surface area contributed by atoms with Gasteiger partial charge in [-0.2, -0.15) is 4.89 Å². The molecule has 0 aromatic heterocycles. The Morgan fingerprint density at radius 3 is 2.71 bits per heavy atom. The summed E-state index contributed by atoms with van der Waals surface area (Å²) in [6.45, 7) is 0. The molecule has 3 saturated carbocycles. The van der Waals surface area contributed by atoms with Gasteiger partial charge in [-0.1, -0.05) is 12.8 Å². The van der Waals surface area contributed by atoms with Gasteiger partial charge in [0.25, 0.3) is 0 Å². The molecule has 3 heteroatoms. The summed E-state index contributed by atoms with van der Waals surface area (Å²) in [5.41, 5.74) is -0.112. The maximum Gasteiger partial charge on any atom is 0.345 e. The molecule has 4 atom stereocenters. The summed E-state index contributed by atoms with van der Waals surface area (Å²) in [5.74, 6) is 2.02. The molecular weight excluding hydrogens is 216 g/mol. The van der Waals surface area contributed by atoms with Crippen molar-refractivity contribution in [2.75, 3.05) is 0 Å². The minimum Gasteiger partial charge on any atom is -0.297 e. The van der Waals surface area contributed by atoms with Crippen molar-refractivity contribution in [1.82, 2.24) is 0 Å². The van der Waals surface area contributed by atoms with Crippen molar-refractivity contribution in [2.24, 2.45) is 23.7 Å². The Balaban J connectivity index is 1.65. The number of hydrogen-bond donors (Lipinski definition) is 0. The van der Waals surface area contributed by atoms with Crippen LogP contribution in [0, 0.1) is 23.7 Å². The van der Waals surface area contributed by atoms with Crippen LogP contribution in [0.2, 0.25) is 0 Å². The zero-order chi connectivity index (χ0) is 11.5. The molecule has 2 bridgehead atoms. The Bertz CT molecular complexity index is 345. The van der Waals surface area contributed by atoms with Gasteiger partial charge in [-0.3, -0.25) is 4.89 Å². The highest BCUT2D eigenvalue weighted by Gasteiger charge is 2.57. The van der Waals surface area contributed by atoms with Gasteiger partial charge in [0.15, 0.2) is 0 Å². The molecule has 4 fully saturated rings. The largest absolute Gasteiger partial charge is 0.345 e. The summed E-state index contributed by atoms with van der Waals surface area (Å²) >= 11 is 0. The minimum absolute atomic E-state index is 0.0639. The van der Waals surface area contributed by atoms with Gasteiger partial charge in [-0.15, -0.1) is 0 Å². The first kappa shape index (κ1) is 10.4. The highest BCUT2D eigenvalue weighted by atomic mass is 17.2. The van der Waals surface area contributed by atoms with E-state index in [4.69, 9.17) is 9.78 Å². The van der Waals surface area contributed by atoms with Gasteiger partial charge < -0.3 is 0 Å². The summed E-state index contributed by atoms with van der Waals surface area (Å²) in [6.07, 6.45) is 9.52. The summed E-state index contributed by atoms with van der Waals surface area (Å²) in [7, 11) is 0. The second kappa shape index (κ2) is 3.47. The number of fused-ring (bicyclic) bond motifs is 5. The molecule has 0 aromatic carbocycles. The summed E-state index contributed by atoms with van der Waals surface area (Å²) < 4.78 is 0. The van der Waals surface area contributed by atoms with Crippen LogP contribution in [-0.4, -0.2) is 11.6 Å². The van der Waals surface area contributed by atoms with Gasteiger partial charge in [-0.25, -0.2) is 4.79 Å². The van der Waals surface area contributed by atoms with Crippen molar-refractivity contribution < 1.29 is 14.6 Å². The van der Waals surface area contributed by atoms with E-state index in [0.717, 1.165) is 25.2 Å². The number of carbonyl (C=O) groups excluding carboxylic acids is 1. The average molecular weight is 236 g/mol. The molecule has 0 aromatic rings. The Morgan fingerprint density at radius 2 is 1.88 bits per heavy atom. The quantitative estimate of drug-likeness (QED) is 0.607. The van der Waals surface area contributed by atoms with E-state index in [1.165, 1.54) is 32.1 Å². The van der Waals surface area contributed by atoms with Gasteiger partial charge in [0.2, 0.25) is 0 Å². The van der Waals surface area contributed by atoms with Crippen molar-refractivity contribution in [2.45, 2.75) is 57.0 Å². The number of hydrogen-bond acceptors (Lipinski definition) is 3. The fourth-order valence-corrected chi connectivity index (χ4v) is 5.03. The smallest absolute Gasteiger partial charge is 0.297 e. The van der Waals surface area contributed by atoms with E-state index >= 15 is 0 Å². The summed E-state index contributed by atoms with van der Waals surface area (Å²) in [5, 5.41) is 0. The third kappa shape index (κ3) is 1.41. The molecular formula is C14H20O3. The normalized spacial score (nSPS) is 46.9. The van der Waals surface area contributed by atoms with E-state index in [2.05, 4.69) is 0 Å². The molecule has 1 spiro atoms. The summed E-state index contributed by atoms with van der Waals surface area (Å²) in [6, 6.07) is 0. The molecule has 17 heavy (non-hydrogen) atoms. The minimum atomic E-state index is -0.112. The Hall–Kier alpha value is -0.570. The standard InChI is InChI=1S/C14H20O3/c15-13-12-10-4-3-9(7-10)11(12)8-14(17-16-13)5-1-2-6-14/h9-12H,1-8H2. The van der Waals surface area contributed by atoms with Crippen LogP contribution in [-0.2, 0) is 14.6 Å². The second-order valence-corrected chi connectivity index (χ2v) is 6.60. The Labute approximate surface area is 102 Å². The molecule has 4 aliphatic rings. The predicted octanol–water partition coefficient (Wildman–Crippen LogP) is 2.84. The molecule has 3 nitrogen and oxygen atoms in total. The van der Waals surface area contributed by atoms with E-state index in [9.17, 15) is 4.79 Å². The number of carbonyl (C=O) groups is 1. The van der Waals surface area contributed by atoms with Crippen LogP contribution in [0.15, 0.2) is 0 Å². The molecule has 4 unspecified atom stereocenters. The average Bonchev–Trinajstić information content (AvgIpc) is 2.99. The van der Waals surface area contributed by atoms with Crippen molar-refractivity contribution >= 4 is 5.97 Å². The van der Waals surface area contributed by atoms with Crippen LogP contribution in [0.3, 0.4) is 0 Å². The van der Waals surface area contributed by atoms with Crippen LogP contribution in [0.25, 0.3) is 0 Å². The SMILES string of the molecule is O=C1OOC2(CCCC2)CC2C3CCC(C3)C12. The topological polar surface area (TPSA) is 35.5 Å². The molecule has 1 aliphatic heterocycles. The van der Waals surface area contributed by atoms with E-state index < -0.39 is 0 Å². The molecule has 4 rings (SSSR count). The lowest BCUT2D eigenvalue weighted by atomic mass is 9.73. The zero-order valence-corrected chi connectivity index (χ0v) is 10.2.